The number of carbonyl (C=O) groups excluding carboxylic acids is 1. The predicted octanol–water partition coefficient (Wildman–Crippen LogP) is 1.37. The highest BCUT2D eigenvalue weighted by Gasteiger charge is 2.21. The maximum Gasteiger partial charge on any atom is 0.272 e. The third-order valence-corrected chi connectivity index (χ3v) is 2.96. The van der Waals surface area contributed by atoms with E-state index in [1.54, 1.807) is 13.1 Å². The van der Waals surface area contributed by atoms with E-state index in [-0.39, 0.29) is 12.0 Å². The van der Waals surface area contributed by atoms with E-state index in [4.69, 9.17) is 4.74 Å². The van der Waals surface area contributed by atoms with Gasteiger partial charge in [0.15, 0.2) is 0 Å². The summed E-state index contributed by atoms with van der Waals surface area (Å²) >= 11 is 0. The summed E-state index contributed by atoms with van der Waals surface area (Å²) in [4.78, 5) is 18.4. The van der Waals surface area contributed by atoms with Crippen molar-refractivity contribution in [3.63, 3.8) is 0 Å². The second kappa shape index (κ2) is 5.82. The van der Waals surface area contributed by atoms with Crippen LogP contribution >= 0.6 is 0 Å². The molecule has 1 amide bonds. The summed E-state index contributed by atoms with van der Waals surface area (Å²) < 4.78 is 5.54. The maximum atomic E-state index is 12.3. The Morgan fingerprint density at radius 2 is 2.39 bits per heavy atom. The third kappa shape index (κ3) is 2.98. The highest BCUT2D eigenvalue weighted by Crippen LogP contribution is 2.11. The lowest BCUT2D eigenvalue weighted by atomic mass is 10.2. The van der Waals surface area contributed by atoms with Gasteiger partial charge in [-0.3, -0.25) is 4.79 Å². The minimum absolute atomic E-state index is 0.0237. The van der Waals surface area contributed by atoms with Crippen LogP contribution in [0.1, 0.15) is 23.8 Å². The van der Waals surface area contributed by atoms with Crippen molar-refractivity contribution in [1.82, 2.24) is 9.88 Å². The summed E-state index contributed by atoms with van der Waals surface area (Å²) in [6.07, 6.45) is 0.964. The van der Waals surface area contributed by atoms with Crippen molar-refractivity contribution in [2.24, 2.45) is 0 Å². The Morgan fingerprint density at radius 1 is 1.56 bits per heavy atom. The molecule has 0 bridgehead atoms. The molecule has 1 N–H and O–H groups in total. The summed E-state index contributed by atoms with van der Waals surface area (Å²) in [5, 5.41) is 2.94. The number of ether oxygens (including phenoxy) is 1. The van der Waals surface area contributed by atoms with Gasteiger partial charge in [-0.1, -0.05) is 6.07 Å². The monoisotopic (exact) mass is 249 g/mol. The molecule has 1 aliphatic heterocycles. The van der Waals surface area contributed by atoms with Gasteiger partial charge in [-0.05, 0) is 25.5 Å². The van der Waals surface area contributed by atoms with Crippen LogP contribution in [0, 0.1) is 0 Å². The number of nitrogens with one attached hydrogen (secondary N) is 1. The van der Waals surface area contributed by atoms with Gasteiger partial charge >= 0.3 is 0 Å². The molecule has 1 aromatic rings. The molecule has 98 valence electrons. The van der Waals surface area contributed by atoms with E-state index in [1.165, 1.54) is 0 Å². The number of carbonyl (C=O) groups is 1. The molecular formula is C13H19N3O2. The fourth-order valence-electron chi connectivity index (χ4n) is 2.03. The van der Waals surface area contributed by atoms with E-state index in [0.717, 1.165) is 19.6 Å². The lowest BCUT2D eigenvalue weighted by Gasteiger charge is -2.21. The van der Waals surface area contributed by atoms with E-state index >= 15 is 0 Å². The van der Waals surface area contributed by atoms with Gasteiger partial charge in [0.2, 0.25) is 0 Å². The first-order valence-corrected chi connectivity index (χ1v) is 6.26. The number of nitrogens with zero attached hydrogens (tertiary/aromatic N) is 2. The number of pyridine rings is 1. The summed E-state index contributed by atoms with van der Waals surface area (Å²) in [7, 11) is 1.79. The van der Waals surface area contributed by atoms with Crippen molar-refractivity contribution in [3.8, 4) is 0 Å². The highest BCUT2D eigenvalue weighted by molar-refractivity contribution is 5.92. The molecule has 0 saturated carbocycles. The van der Waals surface area contributed by atoms with Crippen LogP contribution in [0.25, 0.3) is 0 Å². The van der Waals surface area contributed by atoms with Gasteiger partial charge in [0.1, 0.15) is 11.5 Å². The molecule has 18 heavy (non-hydrogen) atoms. The number of anilines is 1. The molecule has 1 atom stereocenters. The highest BCUT2D eigenvalue weighted by atomic mass is 16.5. The van der Waals surface area contributed by atoms with Crippen molar-refractivity contribution in [1.29, 1.82) is 0 Å². The minimum Gasteiger partial charge on any atom is -0.377 e. The molecule has 0 aromatic carbocycles. The summed E-state index contributed by atoms with van der Waals surface area (Å²) in [6.45, 7) is 4.07. The van der Waals surface area contributed by atoms with Gasteiger partial charge in [-0.25, -0.2) is 4.98 Å². The van der Waals surface area contributed by atoms with Crippen molar-refractivity contribution >= 4 is 11.7 Å². The Balaban J connectivity index is 2.13. The van der Waals surface area contributed by atoms with Crippen molar-refractivity contribution in [2.45, 2.75) is 19.4 Å². The molecule has 1 aliphatic rings. The van der Waals surface area contributed by atoms with Gasteiger partial charge in [0.05, 0.1) is 6.10 Å². The Hall–Kier alpha value is -1.62. The van der Waals surface area contributed by atoms with Crippen LogP contribution in [0.4, 0.5) is 5.82 Å². The second-order valence-corrected chi connectivity index (χ2v) is 4.44. The Labute approximate surface area is 107 Å². The van der Waals surface area contributed by atoms with E-state index in [1.807, 2.05) is 24.0 Å². The first-order chi connectivity index (χ1) is 8.70. The van der Waals surface area contributed by atoms with Crippen molar-refractivity contribution in [2.75, 3.05) is 32.1 Å². The zero-order valence-electron chi connectivity index (χ0n) is 10.8. The standard InChI is InChI=1S/C13H19N3O2/c1-10-9-16(7-4-8-18-10)13(17)11-5-3-6-12(14-2)15-11/h3,5-6,10H,4,7-9H2,1-2H3,(H,14,15). The van der Waals surface area contributed by atoms with Crippen LogP contribution in [-0.2, 0) is 4.74 Å². The normalized spacial score (nSPS) is 20.3. The number of amides is 1. The average Bonchev–Trinajstić information content (AvgIpc) is 2.62. The first kappa shape index (κ1) is 12.8. The molecule has 0 radical (unpaired) electrons. The van der Waals surface area contributed by atoms with Gasteiger partial charge in [-0.15, -0.1) is 0 Å². The molecule has 0 spiro atoms. The number of hydrogen-bond acceptors (Lipinski definition) is 4. The molecule has 5 heteroatoms. The summed E-state index contributed by atoms with van der Waals surface area (Å²) in [5.41, 5.74) is 0.482. The summed E-state index contributed by atoms with van der Waals surface area (Å²) in [6, 6.07) is 5.42. The topological polar surface area (TPSA) is 54.5 Å². The van der Waals surface area contributed by atoms with Crippen LogP contribution in [0.5, 0.6) is 0 Å². The third-order valence-electron chi connectivity index (χ3n) is 2.96. The van der Waals surface area contributed by atoms with Crippen LogP contribution in [0.3, 0.4) is 0 Å². The van der Waals surface area contributed by atoms with Crippen LogP contribution in [-0.4, -0.2) is 48.6 Å². The van der Waals surface area contributed by atoms with Gasteiger partial charge in [0.25, 0.3) is 5.91 Å². The zero-order chi connectivity index (χ0) is 13.0. The van der Waals surface area contributed by atoms with Crippen molar-refractivity contribution < 1.29 is 9.53 Å². The Bertz CT molecular complexity index is 422. The molecule has 2 heterocycles. The minimum atomic E-state index is -0.0237. The lowest BCUT2D eigenvalue weighted by molar-refractivity contribution is 0.0559. The molecule has 0 aliphatic carbocycles. The zero-order valence-corrected chi connectivity index (χ0v) is 10.8. The molecule has 1 saturated heterocycles. The number of rotatable bonds is 2. The lowest BCUT2D eigenvalue weighted by Crippen LogP contribution is -2.36. The van der Waals surface area contributed by atoms with Crippen LogP contribution in [0.2, 0.25) is 0 Å². The fourth-order valence-corrected chi connectivity index (χ4v) is 2.03. The largest absolute Gasteiger partial charge is 0.377 e. The first-order valence-electron chi connectivity index (χ1n) is 6.26. The molecule has 2 rings (SSSR count). The molecule has 1 fully saturated rings. The molecule has 5 nitrogen and oxygen atoms in total. The van der Waals surface area contributed by atoms with E-state index < -0.39 is 0 Å². The molecule has 1 aromatic heterocycles. The molecule has 1 unspecified atom stereocenters. The number of hydrogen-bond donors (Lipinski definition) is 1. The van der Waals surface area contributed by atoms with Gasteiger partial charge in [-0.2, -0.15) is 0 Å². The SMILES string of the molecule is CNc1cccc(C(=O)N2CCCOC(C)C2)n1. The fraction of sp³-hybridized carbons (Fsp3) is 0.538. The smallest absolute Gasteiger partial charge is 0.272 e. The van der Waals surface area contributed by atoms with E-state index in [0.29, 0.717) is 18.1 Å². The van der Waals surface area contributed by atoms with Crippen molar-refractivity contribution in [3.05, 3.63) is 23.9 Å². The Kier molecular flexibility index (Phi) is 4.15. The van der Waals surface area contributed by atoms with E-state index in [2.05, 4.69) is 10.3 Å². The van der Waals surface area contributed by atoms with Gasteiger partial charge in [0, 0.05) is 26.7 Å². The quantitative estimate of drug-likeness (QED) is 0.860. The number of aromatic nitrogens is 1. The molecular weight excluding hydrogens is 230 g/mol. The van der Waals surface area contributed by atoms with Crippen LogP contribution in [0.15, 0.2) is 18.2 Å². The van der Waals surface area contributed by atoms with E-state index in [9.17, 15) is 4.79 Å². The van der Waals surface area contributed by atoms with Crippen LogP contribution < -0.4 is 5.32 Å². The summed E-state index contributed by atoms with van der Waals surface area (Å²) in [5.74, 6) is 0.685. The predicted molar refractivity (Wildman–Crippen MR) is 69.7 cm³/mol. The average molecular weight is 249 g/mol. The van der Waals surface area contributed by atoms with Gasteiger partial charge < -0.3 is 15.0 Å². The second-order valence-electron chi connectivity index (χ2n) is 4.44. The maximum absolute atomic E-state index is 12.3. The Morgan fingerprint density at radius 3 is 3.17 bits per heavy atom.